The van der Waals surface area contributed by atoms with Crippen LogP contribution in [-0.4, -0.2) is 37.4 Å². The summed E-state index contributed by atoms with van der Waals surface area (Å²) in [5, 5.41) is 2.89. The molecule has 1 saturated carbocycles. The Morgan fingerprint density at radius 3 is 2.78 bits per heavy atom. The molecule has 1 aliphatic carbocycles. The number of benzene rings is 1. The van der Waals surface area contributed by atoms with Crippen molar-refractivity contribution in [2.45, 2.75) is 38.3 Å². The van der Waals surface area contributed by atoms with Crippen LogP contribution in [0.4, 0.5) is 0 Å². The summed E-state index contributed by atoms with van der Waals surface area (Å²) < 4.78 is 18.8. The van der Waals surface area contributed by atoms with Gasteiger partial charge in [-0.15, -0.1) is 0 Å². The Morgan fingerprint density at radius 2 is 2.00 bits per heavy atom. The third-order valence-corrected chi connectivity index (χ3v) is 6.56. The minimum atomic E-state index is -1.67. The molecule has 1 aromatic carbocycles. The van der Waals surface area contributed by atoms with Crippen LogP contribution in [0.2, 0.25) is 0 Å². The van der Waals surface area contributed by atoms with Gasteiger partial charge >= 0.3 is 0 Å². The molecule has 7 nitrogen and oxygen atoms in total. The molecule has 1 N–H and O–H groups in total. The fraction of sp³-hybridized carbons (Fsp3) is 0.250. The van der Waals surface area contributed by atoms with Crippen LogP contribution >= 0.6 is 0 Å². The van der Waals surface area contributed by atoms with Gasteiger partial charge in [0.1, 0.15) is 27.0 Å². The predicted molar refractivity (Wildman–Crippen MR) is 125 cm³/mol. The average molecular weight is 447 g/mol. The van der Waals surface area contributed by atoms with Crippen molar-refractivity contribution in [3.8, 4) is 5.75 Å². The fourth-order valence-corrected chi connectivity index (χ4v) is 4.78. The highest BCUT2D eigenvalue weighted by Crippen LogP contribution is 2.43. The monoisotopic (exact) mass is 446 g/mol. The van der Waals surface area contributed by atoms with E-state index in [0.29, 0.717) is 28.4 Å². The molecule has 2 fully saturated rings. The zero-order valence-corrected chi connectivity index (χ0v) is 18.5. The van der Waals surface area contributed by atoms with Crippen molar-refractivity contribution >= 4 is 39.0 Å². The minimum absolute atomic E-state index is 0.0153. The highest BCUT2D eigenvalue weighted by molar-refractivity contribution is 8.05. The van der Waals surface area contributed by atoms with Crippen molar-refractivity contribution in [1.82, 2.24) is 15.3 Å². The molecule has 32 heavy (non-hydrogen) atoms. The largest absolute Gasteiger partial charge is 0.489 e. The van der Waals surface area contributed by atoms with Crippen LogP contribution < -0.4 is 10.1 Å². The lowest BCUT2D eigenvalue weighted by molar-refractivity contribution is -0.115. The number of ether oxygens (including phenoxy) is 1. The van der Waals surface area contributed by atoms with E-state index in [1.54, 1.807) is 30.5 Å². The summed E-state index contributed by atoms with van der Waals surface area (Å²) in [6.07, 6.45) is 4.08. The lowest BCUT2D eigenvalue weighted by atomic mass is 10.1. The fourth-order valence-electron chi connectivity index (χ4n) is 3.71. The van der Waals surface area contributed by atoms with Crippen LogP contribution in [0, 0.1) is 0 Å². The van der Waals surface area contributed by atoms with Gasteiger partial charge in [0, 0.05) is 18.2 Å². The molecule has 3 atom stereocenters. The molecule has 162 valence electrons. The lowest BCUT2D eigenvalue weighted by Crippen LogP contribution is -2.21. The van der Waals surface area contributed by atoms with Crippen LogP contribution in [0.1, 0.15) is 37.4 Å². The number of aliphatic imine (C=N–C) groups is 1. The van der Waals surface area contributed by atoms with E-state index >= 15 is 0 Å². The zero-order chi connectivity index (χ0) is 22.2. The van der Waals surface area contributed by atoms with Crippen LogP contribution in [0.25, 0.3) is 17.1 Å². The Kier molecular flexibility index (Phi) is 5.30. The second-order valence-corrected chi connectivity index (χ2v) is 9.43. The van der Waals surface area contributed by atoms with Gasteiger partial charge in [-0.25, -0.2) is 9.19 Å². The molecule has 2 aromatic heterocycles. The van der Waals surface area contributed by atoms with Crippen LogP contribution in [0.5, 0.6) is 5.75 Å². The summed E-state index contributed by atoms with van der Waals surface area (Å²) in [5.41, 5.74) is 3.00. The van der Waals surface area contributed by atoms with Crippen molar-refractivity contribution in [1.29, 1.82) is 0 Å². The average Bonchev–Trinajstić information content (AvgIpc) is 3.51. The number of amides is 1. The Labute approximate surface area is 188 Å². The summed E-state index contributed by atoms with van der Waals surface area (Å²) in [4.78, 5) is 26.1. The maximum atomic E-state index is 13.0. The number of nitrogens with one attached hydrogen (secondary N) is 1. The van der Waals surface area contributed by atoms with Gasteiger partial charge in [-0.05, 0) is 44.0 Å². The van der Waals surface area contributed by atoms with E-state index in [-0.39, 0.29) is 22.2 Å². The van der Waals surface area contributed by atoms with Crippen LogP contribution in [-0.2, 0) is 15.6 Å². The molecular formula is C24H22N4O3S. The molecule has 0 spiro atoms. The number of aromatic nitrogens is 2. The van der Waals surface area contributed by atoms with E-state index in [9.17, 15) is 9.00 Å². The number of carbonyl (C=O) groups is 1. The first kappa shape index (κ1) is 20.5. The van der Waals surface area contributed by atoms with E-state index < -0.39 is 16.7 Å². The maximum absolute atomic E-state index is 13.0. The first-order chi connectivity index (χ1) is 15.5. The molecule has 3 unspecified atom stereocenters. The van der Waals surface area contributed by atoms with E-state index in [2.05, 4.69) is 32.4 Å². The molecule has 8 heteroatoms. The van der Waals surface area contributed by atoms with Gasteiger partial charge in [-0.3, -0.25) is 20.1 Å². The van der Waals surface area contributed by atoms with E-state index in [0.717, 1.165) is 6.42 Å². The van der Waals surface area contributed by atoms with Gasteiger partial charge in [-0.1, -0.05) is 30.3 Å². The second-order valence-electron chi connectivity index (χ2n) is 8.07. The lowest BCUT2D eigenvalue weighted by Gasteiger charge is -2.11. The molecule has 2 aliphatic rings. The van der Waals surface area contributed by atoms with Crippen molar-refractivity contribution in [3.05, 3.63) is 70.9 Å². The van der Waals surface area contributed by atoms with E-state index in [4.69, 9.17) is 4.74 Å². The van der Waals surface area contributed by atoms with Gasteiger partial charge in [0.05, 0.1) is 23.4 Å². The van der Waals surface area contributed by atoms with Gasteiger partial charge in [-0.2, -0.15) is 0 Å². The topological polar surface area (TPSA) is 93.5 Å². The zero-order valence-electron chi connectivity index (χ0n) is 17.7. The molecule has 1 saturated heterocycles. The predicted octanol–water partition coefficient (Wildman–Crippen LogP) is 3.55. The van der Waals surface area contributed by atoms with Gasteiger partial charge in [0.2, 0.25) is 0 Å². The molecule has 3 heterocycles. The maximum Gasteiger partial charge on any atom is 0.266 e. The molecule has 1 amide bonds. The highest BCUT2D eigenvalue weighted by atomic mass is 32.2. The van der Waals surface area contributed by atoms with Crippen LogP contribution in [0.15, 0.2) is 64.6 Å². The van der Waals surface area contributed by atoms with Crippen molar-refractivity contribution in [3.63, 3.8) is 0 Å². The molecular weight excluding hydrogens is 424 g/mol. The normalized spacial score (nSPS) is 25.0. The van der Waals surface area contributed by atoms with Gasteiger partial charge in [0.15, 0.2) is 5.17 Å². The van der Waals surface area contributed by atoms with Crippen molar-refractivity contribution in [2.75, 3.05) is 0 Å². The number of pyridine rings is 2. The standard InChI is InChI=1S/C24H22N4O3S/c1-14(2)31-20-10-11-25-18-9-8-16(26-22(18)20)12-21-23(29)28-24(32(21)30)27-19-13-17(19)15-6-4-3-5-7-15/h3-12,14,17,19H,13H2,1-2H3,(H,27,28,29). The van der Waals surface area contributed by atoms with E-state index in [1.807, 2.05) is 32.0 Å². The number of carbonyl (C=O) groups excluding carboxylic acids is 1. The SMILES string of the molecule is CC(C)Oc1ccnc2ccc(C=C3C(=O)NC(=NC4CC4c4ccccc4)S3=O)nc12. The van der Waals surface area contributed by atoms with Gasteiger partial charge < -0.3 is 4.74 Å². The third-order valence-electron chi connectivity index (χ3n) is 5.30. The Bertz CT molecular complexity index is 1290. The van der Waals surface area contributed by atoms with Crippen LogP contribution in [0.3, 0.4) is 0 Å². The smallest absolute Gasteiger partial charge is 0.266 e. The van der Waals surface area contributed by atoms with Gasteiger partial charge in [0.25, 0.3) is 5.91 Å². The quantitative estimate of drug-likeness (QED) is 0.605. The third kappa shape index (κ3) is 4.05. The molecule has 5 rings (SSSR count). The Hall–Kier alpha value is -3.39. The molecule has 0 radical (unpaired) electrons. The number of hydrogen-bond donors (Lipinski definition) is 1. The van der Waals surface area contributed by atoms with Crippen molar-refractivity contribution < 1.29 is 13.7 Å². The number of hydrogen-bond acceptors (Lipinski definition) is 6. The molecule has 3 aromatic rings. The van der Waals surface area contributed by atoms with Crippen molar-refractivity contribution in [2.24, 2.45) is 4.99 Å². The summed E-state index contributed by atoms with van der Waals surface area (Å²) in [7, 11) is -1.67. The Morgan fingerprint density at radius 1 is 1.19 bits per heavy atom. The summed E-state index contributed by atoms with van der Waals surface area (Å²) in [6, 6.07) is 15.5. The second kappa shape index (κ2) is 8.27. The Balaban J connectivity index is 1.40. The number of rotatable bonds is 5. The molecule has 1 aliphatic heterocycles. The first-order valence-electron chi connectivity index (χ1n) is 10.5. The first-order valence-corrected chi connectivity index (χ1v) is 11.6. The highest BCUT2D eigenvalue weighted by Gasteiger charge is 2.41. The number of nitrogens with zero attached hydrogens (tertiary/aromatic N) is 3. The summed E-state index contributed by atoms with van der Waals surface area (Å²) in [6.45, 7) is 3.88. The summed E-state index contributed by atoms with van der Waals surface area (Å²) in [5.74, 6) is 0.510. The minimum Gasteiger partial charge on any atom is -0.489 e. The van der Waals surface area contributed by atoms with E-state index in [1.165, 1.54) is 5.56 Å². The number of fused-ring (bicyclic) bond motifs is 1. The molecule has 0 bridgehead atoms. The number of amidine groups is 1. The summed E-state index contributed by atoms with van der Waals surface area (Å²) >= 11 is 0.